The van der Waals surface area contributed by atoms with E-state index in [1.54, 1.807) is 0 Å². The summed E-state index contributed by atoms with van der Waals surface area (Å²) in [5.74, 6) is 0. The number of halogens is 2. The van der Waals surface area contributed by atoms with Gasteiger partial charge in [0.2, 0.25) is 0 Å². The van der Waals surface area contributed by atoms with Crippen molar-refractivity contribution in [3.63, 3.8) is 0 Å². The number of hydrogen-bond acceptors (Lipinski definition) is 0. The molecule has 0 heterocycles. The van der Waals surface area contributed by atoms with Crippen LogP contribution in [0.25, 0.3) is 0 Å². The van der Waals surface area contributed by atoms with Gasteiger partial charge in [0.05, 0.1) is 5.38 Å². The van der Waals surface area contributed by atoms with Crippen LogP contribution in [0.15, 0.2) is 46.9 Å². The minimum atomic E-state index is 0.0258. The third-order valence-electron chi connectivity index (χ3n) is 3.20. The third-order valence-corrected chi connectivity index (χ3v) is 4.50. The average Bonchev–Trinajstić information content (AvgIpc) is 2.35. The highest BCUT2D eigenvalue weighted by Gasteiger charge is 2.11. The molecule has 0 spiro atoms. The first kappa shape index (κ1) is 13.6. The summed E-state index contributed by atoms with van der Waals surface area (Å²) in [4.78, 5) is 0. The van der Waals surface area contributed by atoms with E-state index in [1.165, 1.54) is 22.3 Å². The van der Waals surface area contributed by atoms with Gasteiger partial charge in [-0.3, -0.25) is 0 Å². The molecule has 0 radical (unpaired) electrons. The Bertz CT molecular complexity index is 549. The summed E-state index contributed by atoms with van der Waals surface area (Å²) in [6.07, 6.45) is 0.870. The highest BCUT2D eigenvalue weighted by molar-refractivity contribution is 9.10. The summed E-state index contributed by atoms with van der Waals surface area (Å²) in [7, 11) is 0. The molecule has 1 unspecified atom stereocenters. The van der Waals surface area contributed by atoms with Crippen LogP contribution in [0.2, 0.25) is 0 Å². The van der Waals surface area contributed by atoms with Crippen molar-refractivity contribution in [2.45, 2.75) is 25.6 Å². The molecule has 0 aliphatic carbocycles. The van der Waals surface area contributed by atoms with Crippen molar-refractivity contribution < 1.29 is 0 Å². The fourth-order valence-corrected chi connectivity index (χ4v) is 2.56. The maximum atomic E-state index is 6.52. The normalized spacial score (nSPS) is 12.4. The molecule has 2 heteroatoms. The van der Waals surface area contributed by atoms with Crippen LogP contribution in [0.4, 0.5) is 0 Å². The van der Waals surface area contributed by atoms with E-state index in [1.807, 2.05) is 0 Å². The SMILES string of the molecule is Cc1cc(C(Cl)Cc2ccccc2C)ccc1Br. The Balaban J connectivity index is 2.19. The molecule has 2 aromatic rings. The van der Waals surface area contributed by atoms with Gasteiger partial charge in [0.15, 0.2) is 0 Å². The van der Waals surface area contributed by atoms with Crippen LogP contribution < -0.4 is 0 Å². The molecule has 0 fully saturated rings. The summed E-state index contributed by atoms with van der Waals surface area (Å²) in [5.41, 5.74) is 5.03. The fourth-order valence-electron chi connectivity index (χ4n) is 2.01. The Morgan fingerprint density at radius 3 is 2.44 bits per heavy atom. The Labute approximate surface area is 122 Å². The van der Waals surface area contributed by atoms with E-state index < -0.39 is 0 Å². The Kier molecular flexibility index (Phi) is 4.47. The Morgan fingerprint density at radius 1 is 1.06 bits per heavy atom. The molecule has 2 rings (SSSR count). The summed E-state index contributed by atoms with van der Waals surface area (Å²) in [6.45, 7) is 4.22. The van der Waals surface area contributed by atoms with Crippen LogP contribution in [-0.4, -0.2) is 0 Å². The van der Waals surface area contributed by atoms with Crippen molar-refractivity contribution in [1.29, 1.82) is 0 Å². The summed E-state index contributed by atoms with van der Waals surface area (Å²) >= 11 is 10.0. The highest BCUT2D eigenvalue weighted by atomic mass is 79.9. The molecule has 0 amide bonds. The molecule has 0 aliphatic heterocycles. The minimum Gasteiger partial charge on any atom is -0.117 e. The maximum Gasteiger partial charge on any atom is 0.0625 e. The third kappa shape index (κ3) is 3.15. The molecule has 18 heavy (non-hydrogen) atoms. The summed E-state index contributed by atoms with van der Waals surface area (Å²) in [5, 5.41) is 0.0258. The lowest BCUT2D eigenvalue weighted by Gasteiger charge is -2.13. The minimum absolute atomic E-state index is 0.0258. The number of alkyl halides is 1. The van der Waals surface area contributed by atoms with E-state index in [0.717, 1.165) is 10.9 Å². The van der Waals surface area contributed by atoms with Crippen molar-refractivity contribution >= 4 is 27.5 Å². The molecular weight excluding hydrogens is 308 g/mol. The van der Waals surface area contributed by atoms with E-state index in [2.05, 4.69) is 72.2 Å². The molecule has 1 atom stereocenters. The predicted molar refractivity (Wildman–Crippen MR) is 82.4 cm³/mol. The van der Waals surface area contributed by atoms with E-state index in [9.17, 15) is 0 Å². The topological polar surface area (TPSA) is 0 Å². The van der Waals surface area contributed by atoms with E-state index >= 15 is 0 Å². The predicted octanol–water partition coefficient (Wildman–Crippen LogP) is 5.59. The maximum absolute atomic E-state index is 6.52. The Morgan fingerprint density at radius 2 is 1.78 bits per heavy atom. The molecule has 2 aromatic carbocycles. The number of aryl methyl sites for hydroxylation is 2. The molecule has 0 bridgehead atoms. The van der Waals surface area contributed by atoms with Gasteiger partial charge in [-0.15, -0.1) is 11.6 Å². The highest BCUT2D eigenvalue weighted by Crippen LogP contribution is 2.29. The molecular formula is C16H16BrCl. The van der Waals surface area contributed by atoms with Crippen LogP contribution in [0.3, 0.4) is 0 Å². The lowest BCUT2D eigenvalue weighted by Crippen LogP contribution is -1.98. The van der Waals surface area contributed by atoms with Crippen molar-refractivity contribution in [2.75, 3.05) is 0 Å². The van der Waals surface area contributed by atoms with Gasteiger partial charge < -0.3 is 0 Å². The van der Waals surface area contributed by atoms with Gasteiger partial charge in [-0.05, 0) is 48.6 Å². The number of hydrogen-bond donors (Lipinski definition) is 0. The summed E-state index contributed by atoms with van der Waals surface area (Å²) < 4.78 is 1.13. The second kappa shape index (κ2) is 5.90. The molecule has 0 aromatic heterocycles. The van der Waals surface area contributed by atoms with Gasteiger partial charge in [-0.25, -0.2) is 0 Å². The van der Waals surface area contributed by atoms with Crippen LogP contribution in [0.5, 0.6) is 0 Å². The largest absolute Gasteiger partial charge is 0.117 e. The van der Waals surface area contributed by atoms with Crippen LogP contribution in [0.1, 0.15) is 27.6 Å². The van der Waals surface area contributed by atoms with Gasteiger partial charge in [0.1, 0.15) is 0 Å². The number of rotatable bonds is 3. The van der Waals surface area contributed by atoms with Gasteiger partial charge in [-0.2, -0.15) is 0 Å². The van der Waals surface area contributed by atoms with Crippen molar-refractivity contribution in [3.05, 3.63) is 69.2 Å². The zero-order valence-corrected chi connectivity index (χ0v) is 12.9. The first-order chi connectivity index (χ1) is 8.58. The summed E-state index contributed by atoms with van der Waals surface area (Å²) in [6, 6.07) is 14.7. The van der Waals surface area contributed by atoms with Crippen molar-refractivity contribution in [1.82, 2.24) is 0 Å². The standard InChI is InChI=1S/C16H16BrCl/c1-11-5-3-4-6-13(11)10-16(18)14-7-8-15(17)12(2)9-14/h3-9,16H,10H2,1-2H3. The molecule has 0 saturated heterocycles. The first-order valence-electron chi connectivity index (χ1n) is 6.02. The lowest BCUT2D eigenvalue weighted by molar-refractivity contribution is 0.908. The molecule has 0 saturated carbocycles. The Hall–Kier alpha value is -0.790. The quantitative estimate of drug-likeness (QED) is 0.646. The second-order valence-corrected chi connectivity index (χ2v) is 5.99. The van der Waals surface area contributed by atoms with Gasteiger partial charge in [-0.1, -0.05) is 52.3 Å². The molecule has 0 N–H and O–H groups in total. The van der Waals surface area contributed by atoms with Gasteiger partial charge in [0, 0.05) is 4.47 Å². The van der Waals surface area contributed by atoms with E-state index in [4.69, 9.17) is 11.6 Å². The van der Waals surface area contributed by atoms with Crippen LogP contribution in [-0.2, 0) is 6.42 Å². The van der Waals surface area contributed by atoms with Crippen LogP contribution in [0, 0.1) is 13.8 Å². The second-order valence-electron chi connectivity index (χ2n) is 4.61. The zero-order chi connectivity index (χ0) is 13.1. The van der Waals surface area contributed by atoms with Crippen molar-refractivity contribution in [2.24, 2.45) is 0 Å². The zero-order valence-electron chi connectivity index (χ0n) is 10.6. The van der Waals surface area contributed by atoms with Crippen LogP contribution >= 0.6 is 27.5 Å². The smallest absolute Gasteiger partial charge is 0.0625 e. The van der Waals surface area contributed by atoms with Crippen molar-refractivity contribution in [3.8, 4) is 0 Å². The number of benzene rings is 2. The monoisotopic (exact) mass is 322 g/mol. The molecule has 94 valence electrons. The van der Waals surface area contributed by atoms with Gasteiger partial charge in [0.25, 0.3) is 0 Å². The first-order valence-corrected chi connectivity index (χ1v) is 7.25. The molecule has 0 nitrogen and oxygen atoms in total. The molecule has 0 aliphatic rings. The van der Waals surface area contributed by atoms with Gasteiger partial charge >= 0.3 is 0 Å². The van der Waals surface area contributed by atoms with E-state index in [-0.39, 0.29) is 5.38 Å². The average molecular weight is 324 g/mol. The fraction of sp³-hybridized carbons (Fsp3) is 0.250. The van der Waals surface area contributed by atoms with E-state index in [0.29, 0.717) is 0 Å². The lowest BCUT2D eigenvalue weighted by atomic mass is 9.99.